The number of carbonyl (C=O) groups excluding carboxylic acids is 1. The Labute approximate surface area is 128 Å². The van der Waals surface area contributed by atoms with Crippen molar-refractivity contribution in [3.63, 3.8) is 0 Å². The normalized spacial score (nSPS) is 10.4. The lowest BCUT2D eigenvalue weighted by atomic mass is 10.1. The van der Waals surface area contributed by atoms with Crippen molar-refractivity contribution in [1.82, 2.24) is 0 Å². The highest BCUT2D eigenvalue weighted by molar-refractivity contribution is 6.04. The standard InChI is InChI=1S/C17H18F2N2O/c1-3-21(4-2)14-8-5-12(6-9-14)17(22)20-16-10-7-13(18)11-15(16)19/h5-11H,3-4H2,1-2H3,(H,20,22). The van der Waals surface area contributed by atoms with Gasteiger partial charge in [-0.25, -0.2) is 8.78 Å². The minimum Gasteiger partial charge on any atom is -0.372 e. The molecule has 0 aliphatic carbocycles. The molecule has 0 saturated carbocycles. The molecule has 2 aromatic rings. The fourth-order valence-electron chi connectivity index (χ4n) is 2.20. The molecule has 0 atom stereocenters. The number of hydrogen-bond acceptors (Lipinski definition) is 2. The lowest BCUT2D eigenvalue weighted by molar-refractivity contribution is 0.102. The van der Waals surface area contributed by atoms with E-state index >= 15 is 0 Å². The fraction of sp³-hybridized carbons (Fsp3) is 0.235. The molecule has 3 nitrogen and oxygen atoms in total. The summed E-state index contributed by atoms with van der Waals surface area (Å²) in [7, 11) is 0. The molecule has 22 heavy (non-hydrogen) atoms. The molecule has 0 aliphatic rings. The van der Waals surface area contributed by atoms with E-state index in [-0.39, 0.29) is 5.69 Å². The number of hydrogen-bond donors (Lipinski definition) is 1. The third kappa shape index (κ3) is 3.61. The Morgan fingerprint density at radius 3 is 2.23 bits per heavy atom. The summed E-state index contributed by atoms with van der Waals surface area (Å²) in [6.45, 7) is 5.87. The first-order valence-electron chi connectivity index (χ1n) is 7.16. The third-order valence-corrected chi connectivity index (χ3v) is 3.44. The van der Waals surface area contributed by atoms with Gasteiger partial charge in [0.1, 0.15) is 11.6 Å². The molecule has 0 radical (unpaired) electrons. The quantitative estimate of drug-likeness (QED) is 0.903. The highest BCUT2D eigenvalue weighted by Crippen LogP contribution is 2.18. The summed E-state index contributed by atoms with van der Waals surface area (Å²) < 4.78 is 26.4. The largest absolute Gasteiger partial charge is 0.372 e. The van der Waals surface area contributed by atoms with Gasteiger partial charge in [0.25, 0.3) is 5.91 Å². The molecule has 2 rings (SSSR count). The molecule has 1 N–H and O–H groups in total. The maximum atomic E-state index is 13.5. The Hall–Kier alpha value is -2.43. The van der Waals surface area contributed by atoms with Crippen LogP contribution >= 0.6 is 0 Å². The van der Waals surface area contributed by atoms with Gasteiger partial charge in [0.15, 0.2) is 0 Å². The van der Waals surface area contributed by atoms with Crippen LogP contribution in [0, 0.1) is 11.6 Å². The zero-order chi connectivity index (χ0) is 16.1. The Morgan fingerprint density at radius 2 is 1.68 bits per heavy atom. The van der Waals surface area contributed by atoms with Crippen molar-refractivity contribution >= 4 is 17.3 Å². The summed E-state index contributed by atoms with van der Waals surface area (Å²) in [5.41, 5.74) is 1.40. The molecule has 2 aromatic carbocycles. The average molecular weight is 304 g/mol. The van der Waals surface area contributed by atoms with Gasteiger partial charge in [0, 0.05) is 30.4 Å². The number of halogens is 2. The Balaban J connectivity index is 2.13. The molecule has 0 saturated heterocycles. The first-order chi connectivity index (χ1) is 10.5. The first kappa shape index (κ1) is 15.9. The van der Waals surface area contributed by atoms with Crippen molar-refractivity contribution in [2.75, 3.05) is 23.3 Å². The minimum atomic E-state index is -0.798. The van der Waals surface area contributed by atoms with Crippen LogP contribution in [0.4, 0.5) is 20.2 Å². The van der Waals surface area contributed by atoms with E-state index in [1.54, 1.807) is 12.1 Å². The van der Waals surface area contributed by atoms with E-state index in [4.69, 9.17) is 0 Å². The van der Waals surface area contributed by atoms with Crippen molar-refractivity contribution in [3.05, 3.63) is 59.7 Å². The molecule has 0 unspecified atom stereocenters. The average Bonchev–Trinajstić information content (AvgIpc) is 2.52. The zero-order valence-corrected chi connectivity index (χ0v) is 12.6. The van der Waals surface area contributed by atoms with Gasteiger partial charge in [0.2, 0.25) is 0 Å². The topological polar surface area (TPSA) is 32.3 Å². The second-order valence-electron chi connectivity index (χ2n) is 4.80. The number of rotatable bonds is 5. The lowest BCUT2D eigenvalue weighted by Gasteiger charge is -2.21. The molecule has 0 heterocycles. The summed E-state index contributed by atoms with van der Waals surface area (Å²) >= 11 is 0. The van der Waals surface area contributed by atoms with Gasteiger partial charge in [0.05, 0.1) is 5.69 Å². The van der Waals surface area contributed by atoms with Gasteiger partial charge in [-0.1, -0.05) is 0 Å². The van der Waals surface area contributed by atoms with Crippen molar-refractivity contribution in [2.45, 2.75) is 13.8 Å². The summed E-state index contributed by atoms with van der Waals surface area (Å²) in [5.74, 6) is -1.91. The van der Waals surface area contributed by atoms with Crippen LogP contribution in [-0.2, 0) is 0 Å². The number of amides is 1. The van der Waals surface area contributed by atoms with E-state index in [0.29, 0.717) is 5.56 Å². The maximum Gasteiger partial charge on any atom is 0.255 e. The van der Waals surface area contributed by atoms with Crippen LogP contribution in [0.1, 0.15) is 24.2 Å². The molecule has 116 valence electrons. The molecule has 0 aromatic heterocycles. The summed E-state index contributed by atoms with van der Waals surface area (Å²) in [5, 5.41) is 2.44. The molecule has 1 amide bonds. The van der Waals surface area contributed by atoms with Crippen molar-refractivity contribution in [2.24, 2.45) is 0 Å². The lowest BCUT2D eigenvalue weighted by Crippen LogP contribution is -2.21. The zero-order valence-electron chi connectivity index (χ0n) is 12.6. The van der Waals surface area contributed by atoms with Crippen LogP contribution in [0.5, 0.6) is 0 Å². The van der Waals surface area contributed by atoms with E-state index in [1.165, 1.54) is 6.07 Å². The highest BCUT2D eigenvalue weighted by Gasteiger charge is 2.10. The van der Waals surface area contributed by atoms with Crippen LogP contribution < -0.4 is 10.2 Å². The Bertz CT molecular complexity index is 652. The third-order valence-electron chi connectivity index (χ3n) is 3.44. The van der Waals surface area contributed by atoms with Crippen LogP contribution in [0.2, 0.25) is 0 Å². The number of nitrogens with one attached hydrogen (secondary N) is 1. The Kier molecular flexibility index (Phi) is 5.09. The van der Waals surface area contributed by atoms with Gasteiger partial charge in [-0.3, -0.25) is 4.79 Å². The van der Waals surface area contributed by atoms with Crippen molar-refractivity contribution in [1.29, 1.82) is 0 Å². The van der Waals surface area contributed by atoms with Crippen LogP contribution in [0.3, 0.4) is 0 Å². The van der Waals surface area contributed by atoms with E-state index in [0.717, 1.165) is 30.9 Å². The van der Waals surface area contributed by atoms with Gasteiger partial charge in [-0.2, -0.15) is 0 Å². The first-order valence-corrected chi connectivity index (χ1v) is 7.16. The second-order valence-corrected chi connectivity index (χ2v) is 4.80. The molecule has 0 bridgehead atoms. The number of benzene rings is 2. The van der Waals surface area contributed by atoms with Crippen LogP contribution in [0.25, 0.3) is 0 Å². The second kappa shape index (κ2) is 7.02. The molecular formula is C17H18F2N2O. The van der Waals surface area contributed by atoms with Gasteiger partial charge in [-0.05, 0) is 50.2 Å². The number of anilines is 2. The van der Waals surface area contributed by atoms with Gasteiger partial charge in [-0.15, -0.1) is 0 Å². The summed E-state index contributed by atoms with van der Waals surface area (Å²) in [4.78, 5) is 14.2. The van der Waals surface area contributed by atoms with E-state index in [1.807, 2.05) is 12.1 Å². The van der Waals surface area contributed by atoms with E-state index in [9.17, 15) is 13.6 Å². The van der Waals surface area contributed by atoms with Gasteiger partial charge >= 0.3 is 0 Å². The minimum absolute atomic E-state index is 0.0424. The Morgan fingerprint density at radius 1 is 1.05 bits per heavy atom. The van der Waals surface area contributed by atoms with E-state index in [2.05, 4.69) is 24.1 Å². The molecule has 0 aliphatic heterocycles. The van der Waals surface area contributed by atoms with E-state index < -0.39 is 17.5 Å². The van der Waals surface area contributed by atoms with Crippen LogP contribution in [-0.4, -0.2) is 19.0 Å². The fourth-order valence-corrected chi connectivity index (χ4v) is 2.20. The molecule has 0 spiro atoms. The molecule has 0 fully saturated rings. The van der Waals surface area contributed by atoms with Crippen molar-refractivity contribution in [3.8, 4) is 0 Å². The SMILES string of the molecule is CCN(CC)c1ccc(C(=O)Nc2ccc(F)cc2F)cc1. The number of nitrogens with zero attached hydrogens (tertiary/aromatic N) is 1. The highest BCUT2D eigenvalue weighted by atomic mass is 19.1. The maximum absolute atomic E-state index is 13.5. The summed E-state index contributed by atoms with van der Waals surface area (Å²) in [6, 6.07) is 10.1. The summed E-state index contributed by atoms with van der Waals surface area (Å²) in [6.07, 6.45) is 0. The molecular weight excluding hydrogens is 286 g/mol. The predicted octanol–water partition coefficient (Wildman–Crippen LogP) is 4.06. The van der Waals surface area contributed by atoms with Gasteiger partial charge < -0.3 is 10.2 Å². The molecule has 5 heteroatoms. The van der Waals surface area contributed by atoms with Crippen LogP contribution in [0.15, 0.2) is 42.5 Å². The number of carbonyl (C=O) groups is 1. The smallest absolute Gasteiger partial charge is 0.255 e. The monoisotopic (exact) mass is 304 g/mol. The predicted molar refractivity (Wildman–Crippen MR) is 84.3 cm³/mol. The van der Waals surface area contributed by atoms with Crippen molar-refractivity contribution < 1.29 is 13.6 Å².